The second kappa shape index (κ2) is 8.61. The van der Waals surface area contributed by atoms with E-state index in [1.807, 2.05) is 0 Å². The van der Waals surface area contributed by atoms with Gasteiger partial charge >= 0.3 is 6.36 Å². The molecule has 3 N–H and O–H groups in total. The van der Waals surface area contributed by atoms with Crippen molar-refractivity contribution in [1.82, 2.24) is 4.98 Å². The third kappa shape index (κ3) is 6.75. The van der Waals surface area contributed by atoms with Crippen molar-refractivity contribution in [3.05, 3.63) is 34.8 Å². The molecule has 2 amide bonds. The molecule has 0 saturated heterocycles. The quantitative estimate of drug-likeness (QED) is 0.670. The van der Waals surface area contributed by atoms with E-state index < -0.39 is 17.5 Å². The summed E-state index contributed by atoms with van der Waals surface area (Å²) in [6, 6.07) is 4.85. The van der Waals surface area contributed by atoms with Crippen LogP contribution in [-0.2, 0) is 16.0 Å². The predicted molar refractivity (Wildman–Crippen MR) is 96.8 cm³/mol. The number of carbonyl (C=O) groups is 2. The van der Waals surface area contributed by atoms with Crippen LogP contribution in [0.15, 0.2) is 28.6 Å². The summed E-state index contributed by atoms with van der Waals surface area (Å²) in [7, 11) is 0. The molecule has 0 fully saturated rings. The average Bonchev–Trinajstić information content (AvgIpc) is 2.86. The molecule has 0 aliphatic rings. The summed E-state index contributed by atoms with van der Waals surface area (Å²) in [6.45, 7) is 3.43. The van der Waals surface area contributed by atoms with Crippen LogP contribution in [0.4, 0.5) is 18.9 Å². The largest absolute Gasteiger partial charge is 0.573 e. The summed E-state index contributed by atoms with van der Waals surface area (Å²) >= 11 is 2.51. The van der Waals surface area contributed by atoms with Gasteiger partial charge in [0.25, 0.3) is 0 Å². The molecule has 1 unspecified atom stereocenters. The van der Waals surface area contributed by atoms with Crippen molar-refractivity contribution in [3.63, 3.8) is 0 Å². The molecule has 1 aromatic heterocycles. The van der Waals surface area contributed by atoms with Gasteiger partial charge in [0.15, 0.2) is 4.34 Å². The van der Waals surface area contributed by atoms with Crippen LogP contribution in [0.5, 0.6) is 5.75 Å². The van der Waals surface area contributed by atoms with Gasteiger partial charge in [-0.25, -0.2) is 4.98 Å². The van der Waals surface area contributed by atoms with Gasteiger partial charge in [-0.15, -0.1) is 24.5 Å². The van der Waals surface area contributed by atoms with Crippen LogP contribution < -0.4 is 15.8 Å². The van der Waals surface area contributed by atoms with Gasteiger partial charge in [-0.3, -0.25) is 9.59 Å². The number of aryl methyl sites for hydroxylation is 1. The number of nitrogens with two attached hydrogens (primary N) is 1. The number of thiazole rings is 1. The van der Waals surface area contributed by atoms with Crippen molar-refractivity contribution in [2.45, 2.75) is 36.2 Å². The van der Waals surface area contributed by atoms with Crippen molar-refractivity contribution in [1.29, 1.82) is 0 Å². The van der Waals surface area contributed by atoms with Gasteiger partial charge in [-0.05, 0) is 38.1 Å². The summed E-state index contributed by atoms with van der Waals surface area (Å²) in [5.74, 6) is -1.17. The summed E-state index contributed by atoms with van der Waals surface area (Å²) in [6.07, 6.45) is -4.67. The van der Waals surface area contributed by atoms with E-state index in [-0.39, 0.29) is 18.1 Å². The number of ether oxygens (including phenoxy) is 1. The van der Waals surface area contributed by atoms with Crippen LogP contribution in [0.25, 0.3) is 0 Å². The monoisotopic (exact) mass is 419 g/mol. The number of carbonyl (C=O) groups excluding carboxylic acids is 2. The van der Waals surface area contributed by atoms with E-state index >= 15 is 0 Å². The molecule has 2 aromatic rings. The minimum Gasteiger partial charge on any atom is -0.406 e. The second-order valence-corrected chi connectivity index (χ2v) is 8.12. The fourth-order valence-electron chi connectivity index (χ4n) is 1.96. The fourth-order valence-corrected chi connectivity index (χ4v) is 4.35. The van der Waals surface area contributed by atoms with Crippen LogP contribution in [0.2, 0.25) is 0 Å². The highest BCUT2D eigenvalue weighted by atomic mass is 32.2. The lowest BCUT2D eigenvalue weighted by Gasteiger charge is -2.12. The zero-order valence-electron chi connectivity index (χ0n) is 14.3. The number of anilines is 1. The maximum atomic E-state index is 12.3. The Labute approximate surface area is 161 Å². The topological polar surface area (TPSA) is 94.3 Å². The molecule has 0 aliphatic carbocycles. The second-order valence-electron chi connectivity index (χ2n) is 5.45. The van der Waals surface area contributed by atoms with Crippen LogP contribution in [0.3, 0.4) is 0 Å². The van der Waals surface area contributed by atoms with E-state index in [9.17, 15) is 22.8 Å². The van der Waals surface area contributed by atoms with Crippen molar-refractivity contribution >= 4 is 40.6 Å². The Bertz CT molecular complexity index is 823. The Kier molecular flexibility index (Phi) is 6.71. The average molecular weight is 419 g/mol. The number of thioether (sulfide) groups is 1. The molecule has 11 heteroatoms. The van der Waals surface area contributed by atoms with E-state index in [4.69, 9.17) is 5.73 Å². The van der Waals surface area contributed by atoms with Crippen molar-refractivity contribution in [2.24, 2.45) is 5.73 Å². The molecule has 0 aliphatic heterocycles. The van der Waals surface area contributed by atoms with E-state index in [2.05, 4.69) is 15.0 Å². The maximum absolute atomic E-state index is 12.3. The fraction of sp³-hybridized carbons (Fsp3) is 0.312. The number of halogens is 3. The first-order valence-electron chi connectivity index (χ1n) is 7.61. The third-order valence-corrected chi connectivity index (χ3v) is 5.56. The maximum Gasteiger partial charge on any atom is 0.573 e. The molecule has 0 spiro atoms. The van der Waals surface area contributed by atoms with Gasteiger partial charge < -0.3 is 15.8 Å². The number of nitrogens with zero attached hydrogens (tertiary/aromatic N) is 1. The molecule has 1 atom stereocenters. The van der Waals surface area contributed by atoms with E-state index in [0.29, 0.717) is 15.7 Å². The highest BCUT2D eigenvalue weighted by molar-refractivity contribution is 8.02. The van der Waals surface area contributed by atoms with Crippen molar-refractivity contribution < 1.29 is 27.5 Å². The smallest absolute Gasteiger partial charge is 0.406 e. The molecule has 0 saturated carbocycles. The van der Waals surface area contributed by atoms with E-state index in [0.717, 1.165) is 17.0 Å². The van der Waals surface area contributed by atoms with Gasteiger partial charge in [-0.2, -0.15) is 0 Å². The molecular weight excluding hydrogens is 403 g/mol. The van der Waals surface area contributed by atoms with Crippen molar-refractivity contribution in [2.75, 3.05) is 5.32 Å². The number of hydrogen-bond donors (Lipinski definition) is 2. The first-order chi connectivity index (χ1) is 12.5. The summed E-state index contributed by atoms with van der Waals surface area (Å²) in [4.78, 5) is 28.3. The van der Waals surface area contributed by atoms with Crippen molar-refractivity contribution in [3.8, 4) is 5.75 Å². The highest BCUT2D eigenvalue weighted by Crippen LogP contribution is 2.31. The first-order valence-corrected chi connectivity index (χ1v) is 9.31. The number of nitrogens with one attached hydrogen (secondary N) is 1. The first kappa shape index (κ1) is 21.0. The minimum absolute atomic E-state index is 0.0942. The number of aromatic nitrogens is 1. The third-order valence-electron chi connectivity index (χ3n) is 3.21. The predicted octanol–water partition coefficient (Wildman–Crippen LogP) is 3.50. The number of amides is 2. The Hall–Kier alpha value is -2.27. The normalized spacial score (nSPS) is 12.5. The number of hydrogen-bond acceptors (Lipinski definition) is 6. The number of alkyl halides is 3. The molecule has 146 valence electrons. The van der Waals surface area contributed by atoms with Crippen LogP contribution >= 0.6 is 23.1 Å². The molecule has 27 heavy (non-hydrogen) atoms. The van der Waals surface area contributed by atoms with Gasteiger partial charge in [0.2, 0.25) is 11.8 Å². The Balaban J connectivity index is 1.94. The highest BCUT2D eigenvalue weighted by Gasteiger charge is 2.31. The molecule has 1 aromatic carbocycles. The molecule has 0 radical (unpaired) electrons. The summed E-state index contributed by atoms with van der Waals surface area (Å²) in [5.41, 5.74) is 6.21. The van der Waals surface area contributed by atoms with Gasteiger partial charge in [0, 0.05) is 10.6 Å². The zero-order valence-corrected chi connectivity index (χ0v) is 15.9. The van der Waals surface area contributed by atoms with Crippen LogP contribution in [-0.4, -0.2) is 28.4 Å². The SMILES string of the molecule is Cc1nc(SC(C)C(=O)Nc2ccc(OC(F)(F)F)cc2)sc1CC(N)=O. The summed E-state index contributed by atoms with van der Waals surface area (Å²) in [5, 5.41) is 2.10. The summed E-state index contributed by atoms with van der Waals surface area (Å²) < 4.78 is 40.8. The molecule has 6 nitrogen and oxygen atoms in total. The lowest BCUT2D eigenvalue weighted by atomic mass is 10.3. The van der Waals surface area contributed by atoms with Crippen LogP contribution in [0, 0.1) is 6.92 Å². The Morgan fingerprint density at radius 3 is 2.52 bits per heavy atom. The Morgan fingerprint density at radius 1 is 1.33 bits per heavy atom. The molecule has 2 rings (SSSR count). The van der Waals surface area contributed by atoms with Crippen LogP contribution in [0.1, 0.15) is 17.5 Å². The molecule has 1 heterocycles. The standard InChI is InChI=1S/C16H16F3N3O3S2/c1-8-12(7-13(20)23)27-15(21-8)26-9(2)14(24)22-10-3-5-11(6-4-10)25-16(17,18)19/h3-6,9H,7H2,1-2H3,(H2,20,23)(H,22,24). The molecular formula is C16H16F3N3O3S2. The lowest BCUT2D eigenvalue weighted by Crippen LogP contribution is -2.22. The number of benzene rings is 1. The number of rotatable bonds is 7. The van der Waals surface area contributed by atoms with E-state index in [1.165, 1.54) is 35.2 Å². The van der Waals surface area contributed by atoms with Gasteiger partial charge in [0.1, 0.15) is 5.75 Å². The lowest BCUT2D eigenvalue weighted by molar-refractivity contribution is -0.274. The zero-order chi connectivity index (χ0) is 20.2. The Morgan fingerprint density at radius 2 is 1.96 bits per heavy atom. The van der Waals surface area contributed by atoms with Gasteiger partial charge in [-0.1, -0.05) is 11.8 Å². The number of primary amides is 1. The van der Waals surface area contributed by atoms with E-state index in [1.54, 1.807) is 13.8 Å². The molecule has 0 bridgehead atoms. The van der Waals surface area contributed by atoms with Gasteiger partial charge in [0.05, 0.1) is 17.4 Å². The minimum atomic E-state index is -4.77.